The molecule has 1 nitrogen and oxygen atoms in total. The van der Waals surface area contributed by atoms with E-state index in [1.807, 2.05) is 0 Å². The molecule has 0 aliphatic heterocycles. The molecule has 0 saturated heterocycles. The monoisotopic (exact) mass is 389 g/mol. The minimum absolute atomic E-state index is 1.15. The maximum Gasteiger partial charge on any atom is 0.0539 e. The molecule has 4 aromatic carbocycles. The molecule has 0 spiro atoms. The number of fused-ring (bicyclic) bond motifs is 1. The fourth-order valence-electron chi connectivity index (χ4n) is 3.85. The Morgan fingerprint density at radius 3 is 2.00 bits per heavy atom. The van der Waals surface area contributed by atoms with Crippen LogP contribution in [0.3, 0.4) is 0 Å². The Kier molecular flexibility index (Phi) is 5.81. The fourth-order valence-corrected chi connectivity index (χ4v) is 3.85. The van der Waals surface area contributed by atoms with Gasteiger partial charge in [-0.3, -0.25) is 0 Å². The van der Waals surface area contributed by atoms with Gasteiger partial charge in [-0.25, -0.2) is 0 Å². The Hall–Kier alpha value is -3.58. The summed E-state index contributed by atoms with van der Waals surface area (Å²) in [5.74, 6) is 0. The molecular formula is C29H27N. The Morgan fingerprint density at radius 2 is 1.33 bits per heavy atom. The van der Waals surface area contributed by atoms with Crippen molar-refractivity contribution < 1.29 is 0 Å². The normalized spacial score (nSPS) is 11.9. The molecule has 0 radical (unpaired) electrons. The summed E-state index contributed by atoms with van der Waals surface area (Å²) in [5, 5.41) is 2.48. The Labute approximate surface area is 179 Å². The second kappa shape index (κ2) is 8.84. The Bertz CT molecular complexity index is 1190. The van der Waals surface area contributed by atoms with E-state index >= 15 is 0 Å². The first-order valence-electron chi connectivity index (χ1n) is 10.5. The van der Waals surface area contributed by atoms with Gasteiger partial charge in [0.05, 0.1) is 5.69 Å². The maximum atomic E-state index is 2.33. The van der Waals surface area contributed by atoms with Gasteiger partial charge < -0.3 is 4.90 Å². The van der Waals surface area contributed by atoms with E-state index in [9.17, 15) is 0 Å². The standard InChI is InChI=1S/C29H27N/c1-4-9-26(5-2)30(29-13-8-11-25-10-6-7-12-28(25)29)27-20-18-24(19-21-27)23-16-14-22(3)15-17-23/h4-21H,1-3H3/b9-4-,26-5+. The van der Waals surface area contributed by atoms with Crippen LogP contribution in [0.4, 0.5) is 11.4 Å². The lowest BCUT2D eigenvalue weighted by Crippen LogP contribution is -2.15. The molecule has 0 aliphatic rings. The predicted molar refractivity (Wildman–Crippen MR) is 131 cm³/mol. The van der Waals surface area contributed by atoms with Gasteiger partial charge in [-0.1, -0.05) is 90.5 Å². The van der Waals surface area contributed by atoms with E-state index in [0.717, 1.165) is 11.4 Å². The van der Waals surface area contributed by atoms with Crippen molar-refractivity contribution >= 4 is 22.1 Å². The Balaban J connectivity index is 1.83. The molecule has 148 valence electrons. The highest BCUT2D eigenvalue weighted by Crippen LogP contribution is 2.36. The van der Waals surface area contributed by atoms with Crippen LogP contribution in [-0.4, -0.2) is 0 Å². The van der Waals surface area contributed by atoms with Crippen molar-refractivity contribution in [2.24, 2.45) is 0 Å². The molecule has 30 heavy (non-hydrogen) atoms. The van der Waals surface area contributed by atoms with E-state index in [1.54, 1.807) is 0 Å². The Morgan fingerprint density at radius 1 is 0.700 bits per heavy atom. The summed E-state index contributed by atoms with van der Waals surface area (Å²) in [4.78, 5) is 2.33. The third-order valence-corrected chi connectivity index (χ3v) is 5.41. The van der Waals surface area contributed by atoms with Crippen molar-refractivity contribution in [3.05, 3.63) is 120 Å². The quantitative estimate of drug-likeness (QED) is 0.310. The smallest absolute Gasteiger partial charge is 0.0539 e. The molecule has 0 unspecified atom stereocenters. The summed E-state index contributed by atoms with van der Waals surface area (Å²) < 4.78 is 0. The van der Waals surface area contributed by atoms with E-state index in [0.29, 0.717) is 0 Å². The number of nitrogens with zero attached hydrogens (tertiary/aromatic N) is 1. The van der Waals surface area contributed by atoms with E-state index in [2.05, 4.69) is 135 Å². The van der Waals surface area contributed by atoms with Crippen molar-refractivity contribution in [1.29, 1.82) is 0 Å². The van der Waals surface area contributed by atoms with Gasteiger partial charge in [0.2, 0.25) is 0 Å². The molecule has 0 N–H and O–H groups in total. The topological polar surface area (TPSA) is 3.24 Å². The molecule has 0 heterocycles. The van der Waals surface area contributed by atoms with Crippen LogP contribution in [0.15, 0.2) is 115 Å². The summed E-state index contributed by atoms with van der Waals surface area (Å²) in [6.45, 7) is 6.27. The SMILES string of the molecule is C/C=C\C(=C/C)N(c1ccc(-c2ccc(C)cc2)cc1)c1cccc2ccccc12. The van der Waals surface area contributed by atoms with Crippen LogP contribution in [0.1, 0.15) is 19.4 Å². The lowest BCUT2D eigenvalue weighted by molar-refractivity contribution is 1.21. The largest absolute Gasteiger partial charge is 0.310 e. The zero-order valence-electron chi connectivity index (χ0n) is 17.8. The molecule has 0 fully saturated rings. The average Bonchev–Trinajstić information content (AvgIpc) is 2.80. The number of hydrogen-bond donors (Lipinski definition) is 0. The van der Waals surface area contributed by atoms with Gasteiger partial charge in [0, 0.05) is 16.8 Å². The van der Waals surface area contributed by atoms with E-state index in [1.165, 1.54) is 33.2 Å². The summed E-state index contributed by atoms with van der Waals surface area (Å²) in [6.07, 6.45) is 6.42. The first-order valence-corrected chi connectivity index (χ1v) is 10.5. The number of aryl methyl sites for hydroxylation is 1. The number of allylic oxidation sites excluding steroid dienone is 3. The van der Waals surface area contributed by atoms with Crippen molar-refractivity contribution in [3.8, 4) is 11.1 Å². The van der Waals surface area contributed by atoms with Gasteiger partial charge in [0.1, 0.15) is 0 Å². The van der Waals surface area contributed by atoms with Gasteiger partial charge in [-0.05, 0) is 61.6 Å². The second-order valence-corrected chi connectivity index (χ2v) is 7.46. The predicted octanol–water partition coefficient (Wildman–Crippen LogP) is 8.43. The second-order valence-electron chi connectivity index (χ2n) is 7.46. The van der Waals surface area contributed by atoms with Gasteiger partial charge >= 0.3 is 0 Å². The zero-order valence-corrected chi connectivity index (χ0v) is 17.8. The molecule has 0 aromatic heterocycles. The minimum Gasteiger partial charge on any atom is -0.310 e. The van der Waals surface area contributed by atoms with Crippen LogP contribution in [0.5, 0.6) is 0 Å². The van der Waals surface area contributed by atoms with Crippen LogP contribution >= 0.6 is 0 Å². The van der Waals surface area contributed by atoms with Crippen LogP contribution < -0.4 is 4.90 Å². The van der Waals surface area contributed by atoms with Gasteiger partial charge in [0.15, 0.2) is 0 Å². The minimum atomic E-state index is 1.15. The van der Waals surface area contributed by atoms with Crippen molar-refractivity contribution in [1.82, 2.24) is 0 Å². The van der Waals surface area contributed by atoms with Gasteiger partial charge in [-0.15, -0.1) is 0 Å². The molecule has 0 atom stereocenters. The van der Waals surface area contributed by atoms with E-state index in [-0.39, 0.29) is 0 Å². The van der Waals surface area contributed by atoms with E-state index < -0.39 is 0 Å². The molecule has 0 amide bonds. The van der Waals surface area contributed by atoms with Gasteiger partial charge in [-0.2, -0.15) is 0 Å². The van der Waals surface area contributed by atoms with Crippen LogP contribution in [0.2, 0.25) is 0 Å². The average molecular weight is 390 g/mol. The van der Waals surface area contributed by atoms with Crippen molar-refractivity contribution in [2.75, 3.05) is 4.90 Å². The van der Waals surface area contributed by atoms with Gasteiger partial charge in [0.25, 0.3) is 0 Å². The maximum absolute atomic E-state index is 2.33. The summed E-state index contributed by atoms with van der Waals surface area (Å²) in [6, 6.07) is 32.6. The number of benzene rings is 4. The lowest BCUT2D eigenvalue weighted by Gasteiger charge is -2.28. The first-order chi connectivity index (χ1) is 14.7. The molecule has 4 aromatic rings. The molecule has 4 rings (SSSR count). The molecule has 0 bridgehead atoms. The molecular weight excluding hydrogens is 362 g/mol. The number of anilines is 2. The number of hydrogen-bond acceptors (Lipinski definition) is 1. The van der Waals surface area contributed by atoms with Crippen LogP contribution in [0, 0.1) is 6.92 Å². The van der Waals surface area contributed by atoms with Crippen molar-refractivity contribution in [3.63, 3.8) is 0 Å². The highest BCUT2D eigenvalue weighted by atomic mass is 15.1. The third kappa shape index (κ3) is 3.92. The zero-order chi connectivity index (χ0) is 20.9. The summed E-state index contributed by atoms with van der Waals surface area (Å²) >= 11 is 0. The first kappa shape index (κ1) is 19.7. The lowest BCUT2D eigenvalue weighted by atomic mass is 10.0. The number of rotatable bonds is 5. The van der Waals surface area contributed by atoms with Crippen LogP contribution in [-0.2, 0) is 0 Å². The highest BCUT2D eigenvalue weighted by Gasteiger charge is 2.15. The fraction of sp³-hybridized carbons (Fsp3) is 0.103. The highest BCUT2D eigenvalue weighted by molar-refractivity contribution is 5.97. The molecule has 0 aliphatic carbocycles. The molecule has 0 saturated carbocycles. The molecule has 1 heteroatoms. The van der Waals surface area contributed by atoms with E-state index in [4.69, 9.17) is 0 Å². The van der Waals surface area contributed by atoms with Crippen LogP contribution in [0.25, 0.3) is 21.9 Å². The summed E-state index contributed by atoms with van der Waals surface area (Å²) in [7, 11) is 0. The van der Waals surface area contributed by atoms with Crippen molar-refractivity contribution in [2.45, 2.75) is 20.8 Å². The third-order valence-electron chi connectivity index (χ3n) is 5.41. The summed E-state index contributed by atoms with van der Waals surface area (Å²) in [5.41, 5.74) is 7.22.